The second-order valence-corrected chi connectivity index (χ2v) is 5.54. The molecule has 0 amide bonds. The Morgan fingerprint density at radius 1 is 0.895 bits per heavy atom. The Hall–Kier alpha value is -0.800. The molecule has 0 saturated heterocycles. The van der Waals surface area contributed by atoms with Crippen LogP contribution in [-0.4, -0.2) is 5.11 Å². The minimum atomic E-state index is -0.130. The Morgan fingerprint density at radius 3 is 2.16 bits per heavy atom. The van der Waals surface area contributed by atoms with Gasteiger partial charge < -0.3 is 10.4 Å². The van der Waals surface area contributed by atoms with E-state index in [0.29, 0.717) is 22.3 Å². The summed E-state index contributed by atoms with van der Waals surface area (Å²) in [6, 6.07) is 8.41. The highest BCUT2D eigenvalue weighted by Gasteiger charge is 2.07. The van der Waals surface area contributed by atoms with Crippen LogP contribution in [-0.2, 0) is 6.54 Å². The van der Waals surface area contributed by atoms with Crippen LogP contribution in [0.5, 0.6) is 5.75 Å². The highest BCUT2D eigenvalue weighted by Crippen LogP contribution is 2.35. The van der Waals surface area contributed by atoms with Gasteiger partial charge in [0.05, 0.1) is 10.0 Å². The molecule has 0 bridgehead atoms. The Bertz CT molecular complexity index is 593. The van der Waals surface area contributed by atoms with Gasteiger partial charge in [0.2, 0.25) is 0 Å². The lowest BCUT2D eigenvalue weighted by molar-refractivity contribution is 0.476. The third-order valence-corrected chi connectivity index (χ3v) is 3.69. The normalized spacial score (nSPS) is 10.5. The van der Waals surface area contributed by atoms with Crippen molar-refractivity contribution in [3.63, 3.8) is 0 Å². The zero-order valence-electron chi connectivity index (χ0n) is 9.55. The molecule has 0 fully saturated rings. The number of halogens is 4. The third kappa shape index (κ3) is 3.61. The van der Waals surface area contributed by atoms with Gasteiger partial charge in [0, 0.05) is 22.3 Å². The summed E-state index contributed by atoms with van der Waals surface area (Å²) in [5.41, 5.74) is 1.54. The maximum Gasteiger partial charge on any atom is 0.152 e. The van der Waals surface area contributed by atoms with E-state index in [9.17, 15) is 5.11 Å². The zero-order chi connectivity index (χ0) is 14.0. The number of hydrogen-bond acceptors (Lipinski definition) is 2. The van der Waals surface area contributed by atoms with Crippen LogP contribution in [0, 0.1) is 0 Å². The minimum absolute atomic E-state index is 0.130. The number of benzene rings is 2. The second kappa shape index (κ2) is 6.10. The van der Waals surface area contributed by atoms with Gasteiger partial charge >= 0.3 is 0 Å². The van der Waals surface area contributed by atoms with Gasteiger partial charge in [-0.2, -0.15) is 0 Å². The van der Waals surface area contributed by atoms with Crippen molar-refractivity contribution in [2.75, 3.05) is 5.32 Å². The van der Waals surface area contributed by atoms with Crippen molar-refractivity contribution >= 4 is 52.1 Å². The van der Waals surface area contributed by atoms with E-state index in [1.165, 1.54) is 0 Å². The van der Waals surface area contributed by atoms with E-state index in [1.807, 2.05) is 0 Å². The fourth-order valence-corrected chi connectivity index (χ4v) is 2.41. The number of hydrogen-bond donors (Lipinski definition) is 2. The van der Waals surface area contributed by atoms with Crippen LogP contribution in [0.1, 0.15) is 5.56 Å². The van der Waals surface area contributed by atoms with Gasteiger partial charge in [0.1, 0.15) is 0 Å². The molecular formula is C13H9Cl4NO. The van der Waals surface area contributed by atoms with E-state index < -0.39 is 0 Å². The van der Waals surface area contributed by atoms with Crippen molar-refractivity contribution in [2.24, 2.45) is 0 Å². The Balaban J connectivity index is 2.17. The number of rotatable bonds is 3. The van der Waals surface area contributed by atoms with Crippen LogP contribution in [0.15, 0.2) is 30.3 Å². The molecule has 2 N–H and O–H groups in total. The molecule has 100 valence electrons. The van der Waals surface area contributed by atoms with E-state index in [0.717, 1.165) is 5.56 Å². The van der Waals surface area contributed by atoms with E-state index in [-0.39, 0.29) is 15.8 Å². The van der Waals surface area contributed by atoms with Crippen LogP contribution in [0.25, 0.3) is 0 Å². The lowest BCUT2D eigenvalue weighted by atomic mass is 10.2. The quantitative estimate of drug-likeness (QED) is 0.713. The van der Waals surface area contributed by atoms with Crippen molar-refractivity contribution in [2.45, 2.75) is 6.54 Å². The van der Waals surface area contributed by atoms with Gasteiger partial charge in [-0.1, -0.05) is 46.4 Å². The standard InChI is InChI=1S/C13H9Cl4NO/c14-8-1-2-10(15)7(3-8)6-18-9-4-11(16)13(19)12(17)5-9/h1-5,18-19H,6H2. The molecule has 0 atom stereocenters. The molecule has 0 radical (unpaired) electrons. The Morgan fingerprint density at radius 2 is 1.53 bits per heavy atom. The molecule has 2 nitrogen and oxygen atoms in total. The zero-order valence-corrected chi connectivity index (χ0v) is 12.6. The van der Waals surface area contributed by atoms with Crippen LogP contribution in [0.3, 0.4) is 0 Å². The first-order valence-corrected chi connectivity index (χ1v) is 6.84. The van der Waals surface area contributed by atoms with Crippen molar-refractivity contribution in [3.8, 4) is 5.75 Å². The molecule has 0 aromatic heterocycles. The summed E-state index contributed by atoms with van der Waals surface area (Å²) in [5.74, 6) is -0.130. The van der Waals surface area contributed by atoms with Crippen LogP contribution in [0.2, 0.25) is 20.1 Å². The van der Waals surface area contributed by atoms with E-state index in [1.54, 1.807) is 30.3 Å². The van der Waals surface area contributed by atoms with E-state index >= 15 is 0 Å². The van der Waals surface area contributed by atoms with Gasteiger partial charge in [0.25, 0.3) is 0 Å². The molecule has 2 rings (SSSR count). The average molecular weight is 337 g/mol. The first kappa shape index (κ1) is 14.6. The molecule has 19 heavy (non-hydrogen) atoms. The predicted molar refractivity (Wildman–Crippen MR) is 81.9 cm³/mol. The molecular weight excluding hydrogens is 328 g/mol. The molecule has 6 heteroatoms. The van der Waals surface area contributed by atoms with Gasteiger partial charge in [0.15, 0.2) is 5.75 Å². The van der Waals surface area contributed by atoms with Crippen molar-refractivity contribution in [1.29, 1.82) is 0 Å². The predicted octanol–water partition coefficient (Wildman–Crippen LogP) is 5.62. The highest BCUT2D eigenvalue weighted by atomic mass is 35.5. The molecule has 0 heterocycles. The summed E-state index contributed by atoms with van der Waals surface area (Å²) in [5, 5.41) is 14.2. The second-order valence-electron chi connectivity index (χ2n) is 3.88. The summed E-state index contributed by atoms with van der Waals surface area (Å²) in [4.78, 5) is 0. The van der Waals surface area contributed by atoms with Gasteiger partial charge in [-0.25, -0.2) is 0 Å². The third-order valence-electron chi connectivity index (χ3n) is 2.51. The summed E-state index contributed by atoms with van der Waals surface area (Å²) >= 11 is 23.6. The van der Waals surface area contributed by atoms with Crippen molar-refractivity contribution < 1.29 is 5.11 Å². The molecule has 0 aliphatic rings. The number of anilines is 1. The van der Waals surface area contributed by atoms with Crippen LogP contribution < -0.4 is 5.32 Å². The Kier molecular flexibility index (Phi) is 4.69. The lowest BCUT2D eigenvalue weighted by Gasteiger charge is -2.10. The largest absolute Gasteiger partial charge is 0.505 e. The first-order chi connectivity index (χ1) is 8.97. The summed E-state index contributed by atoms with van der Waals surface area (Å²) in [6.45, 7) is 0.469. The molecule has 0 spiro atoms. The smallest absolute Gasteiger partial charge is 0.152 e. The topological polar surface area (TPSA) is 32.3 Å². The van der Waals surface area contributed by atoms with Gasteiger partial charge in [-0.05, 0) is 35.9 Å². The maximum atomic E-state index is 9.47. The molecule has 0 unspecified atom stereocenters. The molecule has 0 saturated carbocycles. The van der Waals surface area contributed by atoms with Crippen molar-refractivity contribution in [3.05, 3.63) is 56.0 Å². The van der Waals surface area contributed by atoms with Crippen LogP contribution >= 0.6 is 46.4 Å². The minimum Gasteiger partial charge on any atom is -0.505 e. The summed E-state index contributed by atoms with van der Waals surface area (Å²) in [7, 11) is 0. The summed E-state index contributed by atoms with van der Waals surface area (Å²) in [6.07, 6.45) is 0. The first-order valence-electron chi connectivity index (χ1n) is 5.33. The van der Waals surface area contributed by atoms with Gasteiger partial charge in [-0.3, -0.25) is 0 Å². The fraction of sp³-hybridized carbons (Fsp3) is 0.0769. The molecule has 0 aliphatic carbocycles. The highest BCUT2D eigenvalue weighted by molar-refractivity contribution is 6.37. The maximum absolute atomic E-state index is 9.47. The molecule has 0 aliphatic heterocycles. The number of phenolic OH excluding ortho intramolecular Hbond substituents is 1. The lowest BCUT2D eigenvalue weighted by Crippen LogP contribution is -2.00. The number of nitrogens with one attached hydrogen (secondary N) is 1. The molecule has 2 aromatic carbocycles. The Labute approximate surface area is 130 Å². The summed E-state index contributed by atoms with van der Waals surface area (Å²) < 4.78 is 0. The molecule has 2 aromatic rings. The number of phenols is 1. The van der Waals surface area contributed by atoms with Gasteiger partial charge in [-0.15, -0.1) is 0 Å². The van der Waals surface area contributed by atoms with Crippen LogP contribution in [0.4, 0.5) is 5.69 Å². The number of aromatic hydroxyl groups is 1. The monoisotopic (exact) mass is 335 g/mol. The van der Waals surface area contributed by atoms with Crippen molar-refractivity contribution in [1.82, 2.24) is 0 Å². The SMILES string of the molecule is Oc1c(Cl)cc(NCc2cc(Cl)ccc2Cl)cc1Cl. The average Bonchev–Trinajstić information content (AvgIpc) is 2.37. The van der Waals surface area contributed by atoms with E-state index in [4.69, 9.17) is 46.4 Å². The fourth-order valence-electron chi connectivity index (χ4n) is 1.54. The van der Waals surface area contributed by atoms with E-state index in [2.05, 4.69) is 5.32 Å².